The fourth-order valence-corrected chi connectivity index (χ4v) is 4.95. The molecular weight excluding hydrogens is 354 g/mol. The van der Waals surface area contributed by atoms with E-state index in [0.717, 1.165) is 58.8 Å². The first-order valence-electron chi connectivity index (χ1n) is 10.4. The number of ether oxygens (including phenoxy) is 1. The molecule has 6 heteroatoms. The summed E-state index contributed by atoms with van der Waals surface area (Å²) in [6.45, 7) is 6.48. The first-order valence-corrected chi connectivity index (χ1v) is 10.4. The number of rotatable bonds is 6. The Morgan fingerprint density at radius 2 is 2.00 bits per heavy atom. The van der Waals surface area contributed by atoms with Crippen molar-refractivity contribution in [1.82, 2.24) is 14.4 Å². The Morgan fingerprint density at radius 1 is 1.21 bits per heavy atom. The fourth-order valence-electron chi connectivity index (χ4n) is 4.95. The van der Waals surface area contributed by atoms with Crippen molar-refractivity contribution >= 4 is 16.9 Å². The number of nitrogens with zero attached hydrogens (tertiary/aromatic N) is 3. The van der Waals surface area contributed by atoms with Gasteiger partial charge in [0.1, 0.15) is 0 Å². The van der Waals surface area contributed by atoms with E-state index in [1.165, 1.54) is 16.6 Å². The zero-order valence-electron chi connectivity index (χ0n) is 16.7. The van der Waals surface area contributed by atoms with Gasteiger partial charge in [-0.3, -0.25) is 14.6 Å². The van der Waals surface area contributed by atoms with Crippen LogP contribution in [0.4, 0.5) is 0 Å². The van der Waals surface area contributed by atoms with E-state index in [1.54, 1.807) is 0 Å². The maximum atomic E-state index is 11.2. The van der Waals surface area contributed by atoms with E-state index in [9.17, 15) is 9.90 Å². The standard InChI is InChI=1S/C22H31N3O3/c1-23-19(14-17-4-2-3-5-20(17)23)16-24-9-8-21(25-10-12-28-13-11-25)18(15-24)6-7-22(26)27/h2-5,14,18,21H,6-13,15-16H2,1H3,(H,26,27)/t18-,21+/m1/s1. The molecule has 1 aromatic heterocycles. The number of hydrogen-bond acceptors (Lipinski definition) is 4. The van der Waals surface area contributed by atoms with Gasteiger partial charge in [-0.1, -0.05) is 18.2 Å². The van der Waals surface area contributed by atoms with Crippen molar-refractivity contribution in [2.24, 2.45) is 13.0 Å². The van der Waals surface area contributed by atoms with Gasteiger partial charge in [0.05, 0.1) is 13.2 Å². The lowest BCUT2D eigenvalue weighted by Crippen LogP contribution is -2.53. The maximum Gasteiger partial charge on any atom is 0.303 e. The minimum Gasteiger partial charge on any atom is -0.481 e. The number of carboxylic acids is 1. The summed E-state index contributed by atoms with van der Waals surface area (Å²) in [4.78, 5) is 16.2. The molecule has 2 atom stereocenters. The van der Waals surface area contributed by atoms with Gasteiger partial charge in [-0.15, -0.1) is 0 Å². The van der Waals surface area contributed by atoms with E-state index in [0.29, 0.717) is 12.0 Å². The van der Waals surface area contributed by atoms with E-state index in [-0.39, 0.29) is 6.42 Å². The van der Waals surface area contributed by atoms with Crippen LogP contribution >= 0.6 is 0 Å². The SMILES string of the molecule is Cn1c(CN2CC[C@H](N3CCOCC3)[C@H](CCC(=O)O)C2)cc2ccccc21. The minimum absolute atomic E-state index is 0.257. The summed E-state index contributed by atoms with van der Waals surface area (Å²) in [5.41, 5.74) is 2.59. The third kappa shape index (κ3) is 4.24. The molecule has 0 amide bonds. The van der Waals surface area contributed by atoms with Crippen LogP contribution in [0.3, 0.4) is 0 Å². The molecule has 2 aliphatic heterocycles. The second-order valence-corrected chi connectivity index (χ2v) is 8.19. The van der Waals surface area contributed by atoms with Gasteiger partial charge in [0.15, 0.2) is 0 Å². The second-order valence-electron chi connectivity index (χ2n) is 8.19. The smallest absolute Gasteiger partial charge is 0.303 e. The molecule has 0 saturated carbocycles. The van der Waals surface area contributed by atoms with Gasteiger partial charge in [-0.2, -0.15) is 0 Å². The molecule has 0 radical (unpaired) electrons. The summed E-state index contributed by atoms with van der Waals surface area (Å²) >= 11 is 0. The van der Waals surface area contributed by atoms with E-state index in [2.05, 4.69) is 51.7 Å². The lowest BCUT2D eigenvalue weighted by Gasteiger charge is -2.45. The van der Waals surface area contributed by atoms with Gasteiger partial charge >= 0.3 is 5.97 Å². The van der Waals surface area contributed by atoms with Crippen LogP contribution in [0.5, 0.6) is 0 Å². The predicted octanol–water partition coefficient (Wildman–Crippen LogP) is 2.57. The summed E-state index contributed by atoms with van der Waals surface area (Å²) < 4.78 is 7.80. The molecule has 28 heavy (non-hydrogen) atoms. The molecule has 1 aromatic carbocycles. The van der Waals surface area contributed by atoms with Crippen LogP contribution < -0.4 is 0 Å². The molecule has 3 heterocycles. The Bertz CT molecular complexity index is 812. The van der Waals surface area contributed by atoms with Crippen LogP contribution in [0, 0.1) is 5.92 Å². The van der Waals surface area contributed by atoms with E-state index < -0.39 is 5.97 Å². The number of aryl methyl sites for hydroxylation is 1. The first-order chi connectivity index (χ1) is 13.6. The Morgan fingerprint density at radius 3 is 2.75 bits per heavy atom. The monoisotopic (exact) mass is 385 g/mol. The van der Waals surface area contributed by atoms with Crippen LogP contribution in [0.15, 0.2) is 30.3 Å². The number of benzene rings is 1. The largest absolute Gasteiger partial charge is 0.481 e. The fraction of sp³-hybridized carbons (Fsp3) is 0.591. The lowest BCUT2D eigenvalue weighted by atomic mass is 9.86. The second kappa shape index (κ2) is 8.64. The Labute approximate surface area is 166 Å². The van der Waals surface area contributed by atoms with Crippen LogP contribution in [0.1, 0.15) is 25.0 Å². The normalized spacial score (nSPS) is 24.6. The number of piperidine rings is 1. The minimum atomic E-state index is -0.688. The maximum absolute atomic E-state index is 11.2. The average Bonchev–Trinajstić information content (AvgIpc) is 3.03. The molecule has 2 saturated heterocycles. The van der Waals surface area contributed by atoms with Crippen molar-refractivity contribution in [2.45, 2.75) is 31.8 Å². The molecule has 2 aromatic rings. The van der Waals surface area contributed by atoms with Gasteiger partial charge in [0.2, 0.25) is 0 Å². The molecule has 0 spiro atoms. The zero-order valence-corrected chi connectivity index (χ0v) is 16.7. The Balaban J connectivity index is 1.46. The molecule has 4 rings (SSSR count). The molecule has 0 aliphatic carbocycles. The van der Waals surface area contributed by atoms with Crippen molar-refractivity contribution in [1.29, 1.82) is 0 Å². The third-order valence-corrected chi connectivity index (χ3v) is 6.46. The van der Waals surface area contributed by atoms with Gasteiger partial charge in [-0.25, -0.2) is 0 Å². The number of aromatic nitrogens is 1. The summed E-state index contributed by atoms with van der Waals surface area (Å²) in [7, 11) is 2.14. The van der Waals surface area contributed by atoms with E-state index in [1.807, 2.05) is 0 Å². The number of morpholine rings is 1. The summed E-state index contributed by atoms with van der Waals surface area (Å²) in [6.07, 6.45) is 2.12. The van der Waals surface area contributed by atoms with Crippen LogP contribution in [0.25, 0.3) is 10.9 Å². The van der Waals surface area contributed by atoms with Gasteiger partial charge in [-0.05, 0) is 36.3 Å². The van der Waals surface area contributed by atoms with Crippen molar-refractivity contribution < 1.29 is 14.6 Å². The van der Waals surface area contributed by atoms with Gasteiger partial charge in [0.25, 0.3) is 0 Å². The van der Waals surface area contributed by atoms with Gasteiger partial charge in [0, 0.05) is 63.4 Å². The number of fused-ring (bicyclic) bond motifs is 1. The highest BCUT2D eigenvalue weighted by atomic mass is 16.5. The first kappa shape index (κ1) is 19.4. The third-order valence-electron chi connectivity index (χ3n) is 6.46. The molecule has 152 valence electrons. The molecule has 2 fully saturated rings. The van der Waals surface area contributed by atoms with Crippen molar-refractivity contribution in [2.75, 3.05) is 39.4 Å². The molecule has 0 unspecified atom stereocenters. The van der Waals surface area contributed by atoms with Crippen molar-refractivity contribution in [3.8, 4) is 0 Å². The zero-order chi connectivity index (χ0) is 19.5. The lowest BCUT2D eigenvalue weighted by molar-refractivity contribution is -0.137. The number of hydrogen-bond donors (Lipinski definition) is 1. The number of para-hydroxylation sites is 1. The molecule has 0 bridgehead atoms. The van der Waals surface area contributed by atoms with E-state index >= 15 is 0 Å². The van der Waals surface area contributed by atoms with Crippen LogP contribution in [-0.2, 0) is 23.1 Å². The van der Waals surface area contributed by atoms with Crippen LogP contribution in [-0.4, -0.2) is 70.9 Å². The van der Waals surface area contributed by atoms with E-state index in [4.69, 9.17) is 4.74 Å². The molecule has 6 nitrogen and oxygen atoms in total. The number of carboxylic acid groups (broad SMARTS) is 1. The molecular formula is C22H31N3O3. The summed E-state index contributed by atoms with van der Waals surface area (Å²) in [5, 5.41) is 10.5. The number of carbonyl (C=O) groups is 1. The van der Waals surface area contributed by atoms with Crippen molar-refractivity contribution in [3.63, 3.8) is 0 Å². The number of aliphatic carboxylic acids is 1. The summed E-state index contributed by atoms with van der Waals surface area (Å²) in [5.74, 6) is -0.288. The number of likely N-dealkylation sites (tertiary alicyclic amines) is 1. The Kier molecular flexibility index (Phi) is 5.99. The topological polar surface area (TPSA) is 57.9 Å². The predicted molar refractivity (Wildman–Crippen MR) is 109 cm³/mol. The highest BCUT2D eigenvalue weighted by Crippen LogP contribution is 2.29. The molecule has 1 N–H and O–H groups in total. The van der Waals surface area contributed by atoms with Gasteiger partial charge < -0.3 is 14.4 Å². The highest BCUT2D eigenvalue weighted by Gasteiger charge is 2.34. The quantitative estimate of drug-likeness (QED) is 0.828. The molecule has 2 aliphatic rings. The van der Waals surface area contributed by atoms with Crippen LogP contribution in [0.2, 0.25) is 0 Å². The highest BCUT2D eigenvalue weighted by molar-refractivity contribution is 5.81. The van der Waals surface area contributed by atoms with Crippen molar-refractivity contribution in [3.05, 3.63) is 36.0 Å². The average molecular weight is 386 g/mol. The Hall–Kier alpha value is -1.89. The summed E-state index contributed by atoms with van der Waals surface area (Å²) in [6, 6.07) is 11.3.